The summed E-state index contributed by atoms with van der Waals surface area (Å²) in [5, 5.41) is 5.71. The zero-order valence-corrected chi connectivity index (χ0v) is 17.1. The van der Waals surface area contributed by atoms with Crippen molar-refractivity contribution in [2.75, 3.05) is 25.0 Å². The highest BCUT2D eigenvalue weighted by atomic mass is 35.5. The van der Waals surface area contributed by atoms with Crippen LogP contribution in [0.5, 0.6) is 0 Å². The summed E-state index contributed by atoms with van der Waals surface area (Å²) in [6.07, 6.45) is 3.89. The van der Waals surface area contributed by atoms with E-state index in [0.717, 1.165) is 0 Å². The minimum Gasteiger partial charge on any atom is -0.347 e. The summed E-state index contributed by atoms with van der Waals surface area (Å²) >= 11 is 5.81. The van der Waals surface area contributed by atoms with Gasteiger partial charge in [-0.15, -0.1) is 0 Å². The van der Waals surface area contributed by atoms with Crippen LogP contribution in [0.15, 0.2) is 53.7 Å². The number of nitrogens with one attached hydrogen (secondary N) is 2. The van der Waals surface area contributed by atoms with Crippen molar-refractivity contribution in [2.24, 2.45) is 5.92 Å². The molecule has 1 aromatic carbocycles. The molecular weight excluding hydrogens is 416 g/mol. The predicted molar refractivity (Wildman–Crippen MR) is 109 cm³/mol. The molecule has 0 saturated carbocycles. The topological polar surface area (TPSA) is 108 Å². The van der Waals surface area contributed by atoms with E-state index in [2.05, 4.69) is 15.6 Å². The second kappa shape index (κ2) is 9.34. The first-order valence-electron chi connectivity index (χ1n) is 9.09. The number of anilines is 1. The Bertz CT molecular complexity index is 959. The van der Waals surface area contributed by atoms with Crippen LogP contribution in [0.1, 0.15) is 12.8 Å². The fraction of sp³-hybridized carbons (Fsp3) is 0.316. The van der Waals surface area contributed by atoms with Crippen molar-refractivity contribution >= 4 is 39.1 Å². The molecule has 1 fully saturated rings. The van der Waals surface area contributed by atoms with Crippen molar-refractivity contribution in [3.05, 3.63) is 53.8 Å². The Morgan fingerprint density at radius 1 is 1.14 bits per heavy atom. The van der Waals surface area contributed by atoms with E-state index in [1.807, 2.05) is 0 Å². The average Bonchev–Trinajstić information content (AvgIpc) is 2.73. The molecule has 8 nitrogen and oxygen atoms in total. The lowest BCUT2D eigenvalue weighted by molar-refractivity contribution is -0.128. The number of rotatable bonds is 6. The van der Waals surface area contributed by atoms with E-state index in [9.17, 15) is 18.0 Å². The van der Waals surface area contributed by atoms with Crippen molar-refractivity contribution in [1.82, 2.24) is 14.6 Å². The van der Waals surface area contributed by atoms with Crippen LogP contribution in [-0.2, 0) is 19.6 Å². The molecule has 1 saturated heterocycles. The number of aromatic nitrogens is 1. The normalized spacial score (nSPS) is 15.6. The van der Waals surface area contributed by atoms with Crippen LogP contribution >= 0.6 is 11.6 Å². The van der Waals surface area contributed by atoms with Gasteiger partial charge in [0.1, 0.15) is 0 Å². The van der Waals surface area contributed by atoms with E-state index >= 15 is 0 Å². The highest BCUT2D eigenvalue weighted by Crippen LogP contribution is 2.24. The number of benzene rings is 1. The molecular formula is C19H21ClN4O4S. The van der Waals surface area contributed by atoms with Gasteiger partial charge in [0.25, 0.3) is 0 Å². The summed E-state index contributed by atoms with van der Waals surface area (Å²) in [5.74, 6) is -0.943. The Hall–Kier alpha value is -2.49. The summed E-state index contributed by atoms with van der Waals surface area (Å²) in [4.78, 5) is 28.3. The standard InChI is InChI=1S/C19H21ClN4O4S/c20-15-3-5-17(6-4-15)29(27,28)24-10-7-14(8-11-24)19(26)22-13-18(25)23-16-2-1-9-21-12-16/h1-6,9,12,14H,7-8,10-11,13H2,(H,22,26)(H,23,25). The molecule has 1 aromatic heterocycles. The monoisotopic (exact) mass is 436 g/mol. The first kappa shape index (κ1) is 21.2. The van der Waals surface area contributed by atoms with Crippen LogP contribution in [0.2, 0.25) is 5.02 Å². The summed E-state index contributed by atoms with van der Waals surface area (Å²) in [6.45, 7) is 0.326. The molecule has 0 spiro atoms. The molecule has 0 atom stereocenters. The summed E-state index contributed by atoms with van der Waals surface area (Å²) in [5.41, 5.74) is 0.549. The first-order valence-corrected chi connectivity index (χ1v) is 10.9. The zero-order valence-electron chi connectivity index (χ0n) is 15.5. The van der Waals surface area contributed by atoms with Gasteiger partial charge in [-0.25, -0.2) is 8.42 Å². The summed E-state index contributed by atoms with van der Waals surface area (Å²) in [7, 11) is -3.62. The molecule has 10 heteroatoms. The Labute approximate surface area is 174 Å². The van der Waals surface area contributed by atoms with Crippen molar-refractivity contribution in [1.29, 1.82) is 0 Å². The third-order valence-corrected chi connectivity index (χ3v) is 6.81. The lowest BCUT2D eigenvalue weighted by Gasteiger charge is -2.30. The van der Waals surface area contributed by atoms with Gasteiger partial charge in [0, 0.05) is 30.2 Å². The molecule has 1 aliphatic rings. The van der Waals surface area contributed by atoms with Gasteiger partial charge in [-0.05, 0) is 49.2 Å². The second-order valence-corrected chi connectivity index (χ2v) is 9.01. The molecule has 0 unspecified atom stereocenters. The number of hydrogen-bond donors (Lipinski definition) is 2. The average molecular weight is 437 g/mol. The Balaban J connectivity index is 1.48. The SMILES string of the molecule is O=C(CNC(=O)C1CCN(S(=O)(=O)c2ccc(Cl)cc2)CC1)Nc1cccnc1. The molecule has 0 bridgehead atoms. The van der Waals surface area contributed by atoms with Crippen molar-refractivity contribution in [3.63, 3.8) is 0 Å². The Kier molecular flexibility index (Phi) is 6.83. The molecule has 0 aliphatic carbocycles. The number of sulfonamides is 1. The lowest BCUT2D eigenvalue weighted by atomic mass is 9.97. The second-order valence-electron chi connectivity index (χ2n) is 6.64. The first-order chi connectivity index (χ1) is 13.9. The molecule has 29 heavy (non-hydrogen) atoms. The third-order valence-electron chi connectivity index (χ3n) is 4.64. The van der Waals surface area contributed by atoms with Crippen LogP contribution in [-0.4, -0.2) is 49.2 Å². The molecule has 2 heterocycles. The van der Waals surface area contributed by atoms with E-state index in [4.69, 9.17) is 11.6 Å². The van der Waals surface area contributed by atoms with Crippen LogP contribution in [0.4, 0.5) is 5.69 Å². The van der Waals surface area contributed by atoms with Gasteiger partial charge in [-0.1, -0.05) is 11.6 Å². The summed E-state index contributed by atoms with van der Waals surface area (Å²) < 4.78 is 26.7. The fourth-order valence-electron chi connectivity index (χ4n) is 3.07. The maximum absolute atomic E-state index is 12.7. The quantitative estimate of drug-likeness (QED) is 0.718. The van der Waals surface area contributed by atoms with Gasteiger partial charge in [0.2, 0.25) is 21.8 Å². The molecule has 2 N–H and O–H groups in total. The molecule has 0 radical (unpaired) electrons. The Morgan fingerprint density at radius 2 is 1.83 bits per heavy atom. The smallest absolute Gasteiger partial charge is 0.243 e. The molecule has 154 valence electrons. The lowest BCUT2D eigenvalue weighted by Crippen LogP contribution is -2.44. The zero-order chi connectivity index (χ0) is 20.9. The van der Waals surface area contributed by atoms with Gasteiger partial charge < -0.3 is 10.6 Å². The largest absolute Gasteiger partial charge is 0.347 e. The maximum Gasteiger partial charge on any atom is 0.243 e. The van der Waals surface area contributed by atoms with Gasteiger partial charge in [-0.2, -0.15) is 4.31 Å². The van der Waals surface area contributed by atoms with Gasteiger partial charge in [0.15, 0.2) is 0 Å². The van der Waals surface area contributed by atoms with Crippen molar-refractivity contribution in [2.45, 2.75) is 17.7 Å². The number of pyridine rings is 1. The maximum atomic E-state index is 12.7. The van der Waals surface area contributed by atoms with E-state index in [-0.39, 0.29) is 42.3 Å². The van der Waals surface area contributed by atoms with Crippen LogP contribution in [0.3, 0.4) is 0 Å². The van der Waals surface area contributed by atoms with Crippen molar-refractivity contribution < 1.29 is 18.0 Å². The number of hydrogen-bond acceptors (Lipinski definition) is 5. The number of halogens is 1. The molecule has 2 amide bonds. The number of carbonyl (C=O) groups is 2. The Morgan fingerprint density at radius 3 is 2.45 bits per heavy atom. The van der Waals surface area contributed by atoms with E-state index in [1.54, 1.807) is 18.3 Å². The molecule has 3 rings (SSSR count). The molecule has 2 aromatic rings. The minimum absolute atomic E-state index is 0.156. The number of amides is 2. The van der Waals surface area contributed by atoms with E-state index in [0.29, 0.717) is 23.6 Å². The predicted octanol–water partition coefficient (Wildman–Crippen LogP) is 1.89. The minimum atomic E-state index is -3.62. The van der Waals surface area contributed by atoms with Crippen molar-refractivity contribution in [3.8, 4) is 0 Å². The van der Waals surface area contributed by atoms with Crippen LogP contribution in [0, 0.1) is 5.92 Å². The fourth-order valence-corrected chi connectivity index (χ4v) is 4.66. The van der Waals surface area contributed by atoms with E-state index in [1.165, 1.54) is 34.8 Å². The van der Waals surface area contributed by atoms with Crippen LogP contribution in [0.25, 0.3) is 0 Å². The number of nitrogens with zero attached hydrogens (tertiary/aromatic N) is 2. The number of carbonyl (C=O) groups excluding carboxylic acids is 2. The van der Waals surface area contributed by atoms with Gasteiger partial charge in [-0.3, -0.25) is 14.6 Å². The van der Waals surface area contributed by atoms with Gasteiger partial charge in [0.05, 0.1) is 23.3 Å². The highest BCUT2D eigenvalue weighted by molar-refractivity contribution is 7.89. The van der Waals surface area contributed by atoms with Gasteiger partial charge >= 0.3 is 0 Å². The summed E-state index contributed by atoms with van der Waals surface area (Å²) in [6, 6.07) is 9.40. The van der Waals surface area contributed by atoms with E-state index < -0.39 is 10.0 Å². The molecule has 1 aliphatic heterocycles. The number of piperidine rings is 1. The highest BCUT2D eigenvalue weighted by Gasteiger charge is 2.32. The van der Waals surface area contributed by atoms with Crippen LogP contribution < -0.4 is 10.6 Å². The third kappa shape index (κ3) is 5.53.